The minimum absolute atomic E-state index is 0.867. The first-order valence-electron chi connectivity index (χ1n) is 6.48. The van der Waals surface area contributed by atoms with Crippen molar-refractivity contribution in [2.75, 3.05) is 11.9 Å². The molecule has 3 nitrogen and oxygen atoms in total. The molecule has 0 amide bonds. The molecule has 1 N–H and O–H groups in total. The van der Waals surface area contributed by atoms with Gasteiger partial charge >= 0.3 is 0 Å². The van der Waals surface area contributed by atoms with Gasteiger partial charge in [0, 0.05) is 18.2 Å². The largest absolute Gasteiger partial charge is 0.370 e. The Kier molecular flexibility index (Phi) is 4.29. The Labute approximate surface area is 108 Å². The molecule has 1 aromatic heterocycles. The SMILES string of the molecule is CCCc1ccc(-c2cc(NCC)ncn2)cc1. The summed E-state index contributed by atoms with van der Waals surface area (Å²) in [5, 5.41) is 3.20. The maximum Gasteiger partial charge on any atom is 0.129 e. The molecule has 1 heterocycles. The van der Waals surface area contributed by atoms with E-state index in [4.69, 9.17) is 0 Å². The van der Waals surface area contributed by atoms with Gasteiger partial charge in [-0.25, -0.2) is 9.97 Å². The van der Waals surface area contributed by atoms with Gasteiger partial charge in [0.2, 0.25) is 0 Å². The van der Waals surface area contributed by atoms with E-state index in [1.54, 1.807) is 6.33 Å². The summed E-state index contributed by atoms with van der Waals surface area (Å²) in [5.74, 6) is 0.875. The molecule has 3 heteroatoms. The van der Waals surface area contributed by atoms with Crippen LogP contribution in [0.5, 0.6) is 0 Å². The molecule has 0 fully saturated rings. The van der Waals surface area contributed by atoms with Crippen molar-refractivity contribution in [1.29, 1.82) is 0 Å². The third-order valence-corrected chi connectivity index (χ3v) is 2.81. The zero-order chi connectivity index (χ0) is 12.8. The number of anilines is 1. The standard InChI is InChI=1S/C15H19N3/c1-3-5-12-6-8-13(9-7-12)14-10-15(16-4-2)18-11-17-14/h6-11H,3-5H2,1-2H3,(H,16,17,18). The lowest BCUT2D eigenvalue weighted by Gasteiger charge is -2.05. The summed E-state index contributed by atoms with van der Waals surface area (Å²) in [4.78, 5) is 8.50. The van der Waals surface area contributed by atoms with Gasteiger partial charge in [0.25, 0.3) is 0 Å². The Hall–Kier alpha value is -1.90. The topological polar surface area (TPSA) is 37.8 Å². The smallest absolute Gasteiger partial charge is 0.129 e. The molecule has 0 aliphatic heterocycles. The lowest BCUT2D eigenvalue weighted by Crippen LogP contribution is -1.99. The van der Waals surface area contributed by atoms with E-state index in [1.807, 2.05) is 6.07 Å². The number of benzene rings is 1. The van der Waals surface area contributed by atoms with E-state index >= 15 is 0 Å². The Balaban J connectivity index is 2.22. The van der Waals surface area contributed by atoms with Crippen molar-refractivity contribution in [2.24, 2.45) is 0 Å². The van der Waals surface area contributed by atoms with Gasteiger partial charge in [0.05, 0.1) is 5.69 Å². The van der Waals surface area contributed by atoms with Crippen LogP contribution in [-0.2, 0) is 6.42 Å². The average molecular weight is 241 g/mol. The van der Waals surface area contributed by atoms with Gasteiger partial charge in [-0.15, -0.1) is 0 Å². The summed E-state index contributed by atoms with van der Waals surface area (Å²) in [5.41, 5.74) is 3.47. The van der Waals surface area contributed by atoms with E-state index < -0.39 is 0 Å². The molecule has 0 spiro atoms. The van der Waals surface area contributed by atoms with Gasteiger partial charge < -0.3 is 5.32 Å². The summed E-state index contributed by atoms with van der Waals surface area (Å²) < 4.78 is 0. The molecule has 0 aliphatic rings. The highest BCUT2D eigenvalue weighted by Crippen LogP contribution is 2.19. The monoisotopic (exact) mass is 241 g/mol. The summed E-state index contributed by atoms with van der Waals surface area (Å²) in [7, 11) is 0. The van der Waals surface area contributed by atoms with E-state index in [2.05, 4.69) is 53.4 Å². The van der Waals surface area contributed by atoms with Crippen molar-refractivity contribution >= 4 is 5.82 Å². The summed E-state index contributed by atoms with van der Waals surface area (Å²) in [6.07, 6.45) is 3.91. The molecule has 0 saturated carbocycles. The zero-order valence-electron chi connectivity index (χ0n) is 11.0. The first-order valence-corrected chi connectivity index (χ1v) is 6.48. The molecular formula is C15H19N3. The molecule has 1 aromatic carbocycles. The maximum atomic E-state index is 4.32. The van der Waals surface area contributed by atoms with Crippen LogP contribution in [0.25, 0.3) is 11.3 Å². The van der Waals surface area contributed by atoms with Crippen LogP contribution in [0.2, 0.25) is 0 Å². The highest BCUT2D eigenvalue weighted by Gasteiger charge is 2.01. The van der Waals surface area contributed by atoms with Gasteiger partial charge in [0.1, 0.15) is 12.1 Å². The molecule has 18 heavy (non-hydrogen) atoms. The molecule has 2 aromatic rings. The number of hydrogen-bond donors (Lipinski definition) is 1. The normalized spacial score (nSPS) is 10.3. The third-order valence-electron chi connectivity index (χ3n) is 2.81. The molecule has 0 unspecified atom stereocenters. The minimum atomic E-state index is 0.867. The first-order chi connectivity index (χ1) is 8.83. The number of hydrogen-bond acceptors (Lipinski definition) is 3. The van der Waals surface area contributed by atoms with Crippen molar-refractivity contribution in [3.8, 4) is 11.3 Å². The lowest BCUT2D eigenvalue weighted by atomic mass is 10.1. The number of aromatic nitrogens is 2. The van der Waals surface area contributed by atoms with Crippen molar-refractivity contribution < 1.29 is 0 Å². The second kappa shape index (κ2) is 6.15. The predicted octanol–water partition coefficient (Wildman–Crippen LogP) is 3.53. The van der Waals surface area contributed by atoms with Crippen molar-refractivity contribution in [3.63, 3.8) is 0 Å². The quantitative estimate of drug-likeness (QED) is 0.870. The van der Waals surface area contributed by atoms with Crippen LogP contribution in [0.3, 0.4) is 0 Å². The van der Waals surface area contributed by atoms with E-state index in [9.17, 15) is 0 Å². The maximum absolute atomic E-state index is 4.32. The lowest BCUT2D eigenvalue weighted by molar-refractivity contribution is 0.922. The molecule has 2 rings (SSSR count). The predicted molar refractivity (Wildman–Crippen MR) is 75.6 cm³/mol. The first kappa shape index (κ1) is 12.6. The highest BCUT2D eigenvalue weighted by atomic mass is 15.0. The Bertz CT molecular complexity index is 491. The summed E-state index contributed by atoms with van der Waals surface area (Å²) in [6, 6.07) is 10.6. The molecular weight excluding hydrogens is 222 g/mol. The van der Waals surface area contributed by atoms with E-state index in [0.29, 0.717) is 0 Å². The number of rotatable bonds is 5. The van der Waals surface area contributed by atoms with Gasteiger partial charge in [-0.2, -0.15) is 0 Å². The van der Waals surface area contributed by atoms with Crippen LogP contribution in [0.4, 0.5) is 5.82 Å². The average Bonchev–Trinajstić information content (AvgIpc) is 2.41. The van der Waals surface area contributed by atoms with Crippen LogP contribution in [0.15, 0.2) is 36.7 Å². The van der Waals surface area contributed by atoms with Crippen LogP contribution in [0.1, 0.15) is 25.8 Å². The number of nitrogens with one attached hydrogen (secondary N) is 1. The van der Waals surface area contributed by atoms with Crippen molar-refractivity contribution in [2.45, 2.75) is 26.7 Å². The minimum Gasteiger partial charge on any atom is -0.370 e. The fraction of sp³-hybridized carbons (Fsp3) is 0.333. The fourth-order valence-corrected chi connectivity index (χ4v) is 1.92. The molecule has 0 aliphatic carbocycles. The molecule has 0 saturated heterocycles. The fourth-order valence-electron chi connectivity index (χ4n) is 1.92. The van der Waals surface area contributed by atoms with Crippen LogP contribution in [-0.4, -0.2) is 16.5 Å². The van der Waals surface area contributed by atoms with Crippen LogP contribution < -0.4 is 5.32 Å². The summed E-state index contributed by atoms with van der Waals surface area (Å²) >= 11 is 0. The Morgan fingerprint density at radius 1 is 1.06 bits per heavy atom. The van der Waals surface area contributed by atoms with E-state index in [0.717, 1.165) is 30.0 Å². The molecule has 94 valence electrons. The van der Waals surface area contributed by atoms with Gasteiger partial charge in [0.15, 0.2) is 0 Å². The third kappa shape index (κ3) is 3.06. The van der Waals surface area contributed by atoms with Gasteiger partial charge in [-0.05, 0) is 18.9 Å². The van der Waals surface area contributed by atoms with Crippen LogP contribution >= 0.6 is 0 Å². The second-order valence-electron chi connectivity index (χ2n) is 4.27. The molecule has 0 atom stereocenters. The number of aryl methyl sites for hydroxylation is 1. The number of nitrogens with zero attached hydrogens (tertiary/aromatic N) is 2. The zero-order valence-corrected chi connectivity index (χ0v) is 11.0. The summed E-state index contributed by atoms with van der Waals surface area (Å²) in [6.45, 7) is 5.12. The molecule has 0 radical (unpaired) electrons. The van der Waals surface area contributed by atoms with Gasteiger partial charge in [-0.1, -0.05) is 37.6 Å². The van der Waals surface area contributed by atoms with E-state index in [1.165, 1.54) is 12.0 Å². The highest BCUT2D eigenvalue weighted by molar-refractivity contribution is 5.62. The van der Waals surface area contributed by atoms with Crippen LogP contribution in [0, 0.1) is 0 Å². The van der Waals surface area contributed by atoms with Crippen molar-refractivity contribution in [1.82, 2.24) is 9.97 Å². The second-order valence-corrected chi connectivity index (χ2v) is 4.27. The Morgan fingerprint density at radius 2 is 1.83 bits per heavy atom. The van der Waals surface area contributed by atoms with Gasteiger partial charge in [-0.3, -0.25) is 0 Å². The Morgan fingerprint density at radius 3 is 2.50 bits per heavy atom. The molecule has 0 bridgehead atoms. The van der Waals surface area contributed by atoms with E-state index in [-0.39, 0.29) is 0 Å². The van der Waals surface area contributed by atoms with Crippen molar-refractivity contribution in [3.05, 3.63) is 42.2 Å².